The Morgan fingerprint density at radius 3 is 1.26 bits per heavy atom. The number of hydrogen-bond donors (Lipinski definition) is 3. The van der Waals surface area contributed by atoms with Gasteiger partial charge in [0.15, 0.2) is 16.6 Å². The highest BCUT2D eigenvalue weighted by molar-refractivity contribution is 6.74. The monoisotopic (exact) mass is 572 g/mol. The van der Waals surface area contributed by atoms with Gasteiger partial charge in [0, 0.05) is 53.3 Å². The van der Waals surface area contributed by atoms with Gasteiger partial charge in [0.1, 0.15) is 0 Å². The van der Waals surface area contributed by atoms with Crippen molar-refractivity contribution in [1.29, 1.82) is 0 Å². The Labute approximate surface area is 232 Å². The Kier molecular flexibility index (Phi) is 15.1. The number of rotatable bonds is 6. The van der Waals surface area contributed by atoms with Crippen molar-refractivity contribution in [2.75, 3.05) is 7.11 Å². The molecular weight excluding hydrogens is 517 g/mol. The summed E-state index contributed by atoms with van der Waals surface area (Å²) in [6.45, 7) is 22.4. The zero-order valence-corrected chi connectivity index (χ0v) is 27.8. The molecule has 0 saturated heterocycles. The van der Waals surface area contributed by atoms with E-state index in [9.17, 15) is 0 Å². The molecule has 2 saturated carbocycles. The topological polar surface area (TPSA) is 188 Å². The first-order valence-electron chi connectivity index (χ1n) is 13.7. The molecule has 5 N–H and O–H groups in total. The summed E-state index contributed by atoms with van der Waals surface area (Å²) in [5, 5.41) is 15.0. The van der Waals surface area contributed by atoms with E-state index < -0.39 is 16.6 Å². The van der Waals surface area contributed by atoms with E-state index in [2.05, 4.69) is 87.8 Å². The van der Waals surface area contributed by atoms with Crippen molar-refractivity contribution in [3.63, 3.8) is 0 Å². The SMILES string of the molecule is CC(C)(C)[Si](C)(C)OC1CC(N)CC(N)C1.CC(C)(C)[Si](C)(C)OC1CC(N=[N+]=[N-])CC(N=[N+]=[N-])C1.CO. The number of nitrogens with zero attached hydrogens (tertiary/aromatic N) is 6. The zero-order chi connectivity index (χ0) is 29.9. The van der Waals surface area contributed by atoms with Crippen LogP contribution < -0.4 is 11.5 Å². The Hall–Kier alpha value is -1.15. The Morgan fingerprint density at radius 1 is 0.658 bits per heavy atom. The molecule has 13 heteroatoms. The van der Waals surface area contributed by atoms with Crippen LogP contribution >= 0.6 is 0 Å². The molecule has 11 nitrogen and oxygen atoms in total. The van der Waals surface area contributed by atoms with E-state index in [1.165, 1.54) is 0 Å². The van der Waals surface area contributed by atoms with E-state index in [0.717, 1.165) is 26.4 Å². The highest BCUT2D eigenvalue weighted by Crippen LogP contribution is 2.40. The average Bonchev–Trinajstić information content (AvgIpc) is 2.73. The fourth-order valence-corrected chi connectivity index (χ4v) is 7.04. The fraction of sp³-hybridized carbons (Fsp3) is 1.00. The Balaban J connectivity index is 0.000000690. The highest BCUT2D eigenvalue weighted by atomic mass is 28.4. The lowest BCUT2D eigenvalue weighted by atomic mass is 9.90. The van der Waals surface area contributed by atoms with Crippen LogP contribution in [0.3, 0.4) is 0 Å². The summed E-state index contributed by atoms with van der Waals surface area (Å²) in [5.41, 5.74) is 29.2. The molecule has 0 amide bonds. The van der Waals surface area contributed by atoms with Gasteiger partial charge in [-0.05, 0) is 85.9 Å². The van der Waals surface area contributed by atoms with Gasteiger partial charge in [0.05, 0.1) is 0 Å². The van der Waals surface area contributed by atoms with Crippen molar-refractivity contribution in [3.8, 4) is 0 Å². The third-order valence-electron chi connectivity index (χ3n) is 8.32. The Bertz CT molecular complexity index is 767. The van der Waals surface area contributed by atoms with E-state index in [0.29, 0.717) is 19.3 Å². The van der Waals surface area contributed by atoms with Gasteiger partial charge in [-0.15, -0.1) is 0 Å². The minimum Gasteiger partial charge on any atom is -0.414 e. The number of aliphatic hydroxyl groups is 1. The predicted molar refractivity (Wildman–Crippen MR) is 162 cm³/mol. The second-order valence-electron chi connectivity index (χ2n) is 13.7. The summed E-state index contributed by atoms with van der Waals surface area (Å²) in [5.74, 6) is 0. The highest BCUT2D eigenvalue weighted by Gasteiger charge is 2.42. The van der Waals surface area contributed by atoms with Gasteiger partial charge in [-0.1, -0.05) is 51.8 Å². The van der Waals surface area contributed by atoms with Crippen LogP contribution in [-0.4, -0.2) is 65.2 Å². The van der Waals surface area contributed by atoms with Crippen molar-refractivity contribution in [3.05, 3.63) is 20.9 Å². The van der Waals surface area contributed by atoms with Crippen molar-refractivity contribution >= 4 is 16.6 Å². The largest absolute Gasteiger partial charge is 0.414 e. The van der Waals surface area contributed by atoms with Crippen molar-refractivity contribution in [1.82, 2.24) is 0 Å². The third-order valence-corrected chi connectivity index (χ3v) is 17.4. The first-order chi connectivity index (χ1) is 17.3. The molecular formula is C25H56N8O3Si2. The minimum absolute atomic E-state index is 0.00985. The molecule has 4 unspecified atom stereocenters. The second-order valence-corrected chi connectivity index (χ2v) is 23.2. The van der Waals surface area contributed by atoms with E-state index in [1.807, 2.05) is 0 Å². The van der Waals surface area contributed by atoms with Crippen LogP contribution in [0.15, 0.2) is 10.2 Å². The molecule has 38 heavy (non-hydrogen) atoms. The van der Waals surface area contributed by atoms with E-state index in [4.69, 9.17) is 36.5 Å². The zero-order valence-electron chi connectivity index (χ0n) is 25.8. The molecule has 0 heterocycles. The van der Waals surface area contributed by atoms with Gasteiger partial charge in [0.25, 0.3) is 0 Å². The maximum absolute atomic E-state index is 8.61. The lowest BCUT2D eigenvalue weighted by Crippen LogP contribution is -2.49. The van der Waals surface area contributed by atoms with Gasteiger partial charge in [-0.3, -0.25) is 0 Å². The lowest BCUT2D eigenvalue weighted by Gasteiger charge is -2.42. The molecule has 222 valence electrons. The maximum atomic E-state index is 8.61. The van der Waals surface area contributed by atoms with Crippen LogP contribution in [0.4, 0.5) is 0 Å². The third kappa shape index (κ3) is 12.4. The molecule has 2 aliphatic carbocycles. The molecule has 0 spiro atoms. The molecule has 2 fully saturated rings. The molecule has 0 aromatic rings. The minimum atomic E-state index is -1.87. The standard InChI is InChI=1S/C12H24N6OSi.C12H28N2OSi.CH4O/c1-12(2,3)20(4,5)19-11-7-9(15-17-13)6-10(8-11)16-18-14;1-12(2,3)16(4,5)15-11-7-9(13)6-10(14)8-11;1-2/h9-11H,6-8H2,1-5H3;9-11H,6-8,13-14H2,1-5H3;2H,1H3. The molecule has 4 atom stereocenters. The van der Waals surface area contributed by atoms with Crippen LogP contribution in [0.2, 0.25) is 36.3 Å². The van der Waals surface area contributed by atoms with Crippen molar-refractivity contribution < 1.29 is 14.0 Å². The van der Waals surface area contributed by atoms with Crippen molar-refractivity contribution in [2.24, 2.45) is 21.7 Å². The second kappa shape index (κ2) is 15.6. The first kappa shape index (κ1) is 36.9. The van der Waals surface area contributed by atoms with Crippen molar-refractivity contribution in [2.45, 2.75) is 153 Å². The molecule has 0 radical (unpaired) electrons. The summed E-state index contributed by atoms with van der Waals surface area (Å²) in [6.07, 6.45) is 5.22. The summed E-state index contributed by atoms with van der Waals surface area (Å²) >= 11 is 0. The Morgan fingerprint density at radius 2 is 0.974 bits per heavy atom. The summed E-state index contributed by atoms with van der Waals surface area (Å²) in [4.78, 5) is 5.76. The molecule has 0 aromatic heterocycles. The van der Waals surface area contributed by atoms with Crippen LogP contribution in [0.5, 0.6) is 0 Å². The van der Waals surface area contributed by atoms with Crippen LogP contribution in [0.1, 0.15) is 80.1 Å². The summed E-state index contributed by atoms with van der Waals surface area (Å²) < 4.78 is 12.7. The summed E-state index contributed by atoms with van der Waals surface area (Å²) in [7, 11) is -2.53. The van der Waals surface area contributed by atoms with Gasteiger partial charge in [-0.2, -0.15) is 0 Å². The predicted octanol–water partition coefficient (Wildman–Crippen LogP) is 6.74. The van der Waals surface area contributed by atoms with Gasteiger partial charge < -0.3 is 25.4 Å². The number of aliphatic hydroxyl groups excluding tert-OH is 1. The van der Waals surface area contributed by atoms with Crippen LogP contribution in [0, 0.1) is 0 Å². The van der Waals surface area contributed by atoms with Crippen LogP contribution in [-0.2, 0) is 8.85 Å². The molecule has 2 rings (SSSR count). The maximum Gasteiger partial charge on any atom is 0.192 e. The average molecular weight is 573 g/mol. The smallest absolute Gasteiger partial charge is 0.192 e. The van der Waals surface area contributed by atoms with Gasteiger partial charge >= 0.3 is 0 Å². The lowest BCUT2D eigenvalue weighted by molar-refractivity contribution is 0.118. The number of hydrogen-bond acceptors (Lipinski definition) is 7. The fourth-order valence-electron chi connectivity index (χ4n) is 4.28. The molecule has 0 aliphatic heterocycles. The van der Waals surface area contributed by atoms with Gasteiger partial charge in [0.2, 0.25) is 0 Å². The molecule has 0 bridgehead atoms. The number of nitrogens with two attached hydrogens (primary N) is 2. The normalized spacial score (nSPS) is 28.4. The molecule has 0 aromatic carbocycles. The van der Waals surface area contributed by atoms with E-state index in [1.54, 1.807) is 0 Å². The van der Waals surface area contributed by atoms with E-state index in [-0.39, 0.29) is 46.5 Å². The summed E-state index contributed by atoms with van der Waals surface area (Å²) in [6, 6.07) is 0.162. The van der Waals surface area contributed by atoms with E-state index >= 15 is 0 Å². The van der Waals surface area contributed by atoms with Crippen LogP contribution in [0.25, 0.3) is 20.9 Å². The first-order valence-corrected chi connectivity index (χ1v) is 19.5. The molecule has 2 aliphatic rings. The number of azide groups is 2. The van der Waals surface area contributed by atoms with Gasteiger partial charge in [-0.25, -0.2) is 0 Å². The quantitative estimate of drug-likeness (QED) is 0.137.